The van der Waals surface area contributed by atoms with E-state index in [1.165, 1.54) is 11.5 Å². The summed E-state index contributed by atoms with van der Waals surface area (Å²) in [6.07, 6.45) is 0. The Morgan fingerprint density at radius 1 is 1.75 bits per heavy atom. The minimum absolute atomic E-state index is 0.620. The highest BCUT2D eigenvalue weighted by Gasteiger charge is 1.96. The zero-order valence-electron chi connectivity index (χ0n) is 4.09. The molecule has 3 nitrogen and oxygen atoms in total. The van der Waals surface area contributed by atoms with Crippen LogP contribution in [0, 0.1) is 3.83 Å². The molecule has 0 saturated heterocycles. The van der Waals surface area contributed by atoms with Gasteiger partial charge in [0, 0.05) is 34.1 Å². The summed E-state index contributed by atoms with van der Waals surface area (Å²) >= 11 is 3.29. The van der Waals surface area contributed by atoms with Crippen LogP contribution < -0.4 is 4.74 Å². The summed E-state index contributed by atoms with van der Waals surface area (Å²) in [6, 6.07) is 0. The Kier molecular flexibility index (Phi) is 2.01. The van der Waals surface area contributed by atoms with Gasteiger partial charge in [-0.05, 0) is 0 Å². The highest BCUT2D eigenvalue weighted by Crippen LogP contribution is 2.13. The maximum atomic E-state index is 4.78. The molecule has 0 bridgehead atoms. The number of hydrogen-bond donors (Lipinski definition) is 0. The number of rotatable bonds is 1. The second kappa shape index (κ2) is 2.58. The smallest absolute Gasteiger partial charge is 0.293 e. The van der Waals surface area contributed by atoms with E-state index in [1.54, 1.807) is 7.11 Å². The van der Waals surface area contributed by atoms with E-state index in [4.69, 9.17) is 4.74 Å². The molecule has 5 heteroatoms. The van der Waals surface area contributed by atoms with Crippen molar-refractivity contribution in [1.29, 1.82) is 0 Å². The molecule has 1 rings (SSSR count). The van der Waals surface area contributed by atoms with Crippen molar-refractivity contribution < 1.29 is 4.74 Å². The van der Waals surface area contributed by atoms with Crippen molar-refractivity contribution >= 4 is 34.1 Å². The normalized spacial score (nSPS) is 9.25. The zero-order chi connectivity index (χ0) is 5.98. The standard InChI is InChI=1S/C3H3IN2OS/c1-7-3-5-2(4)6-8-3/h1H3. The van der Waals surface area contributed by atoms with Crippen molar-refractivity contribution in [2.45, 2.75) is 0 Å². The third-order valence-corrected chi connectivity index (χ3v) is 2.05. The first-order valence-corrected chi connectivity index (χ1v) is 3.71. The Balaban J connectivity index is 2.84. The zero-order valence-corrected chi connectivity index (χ0v) is 7.06. The van der Waals surface area contributed by atoms with Gasteiger partial charge < -0.3 is 4.74 Å². The predicted octanol–water partition coefficient (Wildman–Crippen LogP) is 1.15. The Morgan fingerprint density at radius 2 is 2.50 bits per heavy atom. The molecule has 0 unspecified atom stereocenters. The monoisotopic (exact) mass is 242 g/mol. The maximum Gasteiger partial charge on any atom is 0.293 e. The van der Waals surface area contributed by atoms with Crippen LogP contribution in [0.5, 0.6) is 5.19 Å². The van der Waals surface area contributed by atoms with Crippen molar-refractivity contribution in [1.82, 2.24) is 9.36 Å². The third kappa shape index (κ3) is 1.28. The topological polar surface area (TPSA) is 35.0 Å². The molecular weight excluding hydrogens is 239 g/mol. The number of halogens is 1. The fraction of sp³-hybridized carbons (Fsp3) is 0.333. The molecule has 0 radical (unpaired) electrons. The van der Waals surface area contributed by atoms with Gasteiger partial charge in [-0.2, -0.15) is 9.36 Å². The molecular formula is C3H3IN2OS. The molecule has 0 aromatic carbocycles. The molecule has 0 spiro atoms. The van der Waals surface area contributed by atoms with Crippen LogP contribution in [-0.4, -0.2) is 16.5 Å². The van der Waals surface area contributed by atoms with Gasteiger partial charge in [-0.3, -0.25) is 0 Å². The largest absolute Gasteiger partial charge is 0.472 e. The van der Waals surface area contributed by atoms with Gasteiger partial charge in [0.1, 0.15) is 0 Å². The average molecular weight is 242 g/mol. The minimum Gasteiger partial charge on any atom is -0.472 e. The van der Waals surface area contributed by atoms with Crippen molar-refractivity contribution in [2.24, 2.45) is 0 Å². The summed E-state index contributed by atoms with van der Waals surface area (Å²) in [5.41, 5.74) is 0. The number of hydrogen-bond acceptors (Lipinski definition) is 4. The predicted molar refractivity (Wildman–Crippen MR) is 39.2 cm³/mol. The molecule has 0 aliphatic carbocycles. The lowest BCUT2D eigenvalue weighted by atomic mass is 11.2. The van der Waals surface area contributed by atoms with Crippen molar-refractivity contribution in [3.63, 3.8) is 0 Å². The van der Waals surface area contributed by atoms with Gasteiger partial charge in [-0.25, -0.2) is 0 Å². The SMILES string of the molecule is COc1nc(I)ns1. The van der Waals surface area contributed by atoms with Crippen molar-refractivity contribution in [2.75, 3.05) is 7.11 Å². The van der Waals surface area contributed by atoms with Crippen LogP contribution in [0.3, 0.4) is 0 Å². The number of methoxy groups -OCH3 is 1. The maximum absolute atomic E-state index is 4.78. The molecule has 44 valence electrons. The lowest BCUT2D eigenvalue weighted by Gasteiger charge is -1.83. The fourth-order valence-electron chi connectivity index (χ4n) is 0.276. The van der Waals surface area contributed by atoms with Crippen LogP contribution in [0.2, 0.25) is 0 Å². The van der Waals surface area contributed by atoms with Crippen LogP contribution in [0.15, 0.2) is 0 Å². The molecule has 1 aromatic rings. The molecule has 0 fully saturated rings. The molecule has 0 amide bonds. The second-order valence-electron chi connectivity index (χ2n) is 1.03. The average Bonchev–Trinajstić information content (AvgIpc) is 2.14. The Bertz CT molecular complexity index is 178. The summed E-state index contributed by atoms with van der Waals surface area (Å²) in [4.78, 5) is 3.90. The molecule has 0 N–H and O–H groups in total. The molecule has 0 saturated carbocycles. The van der Waals surface area contributed by atoms with E-state index in [0.29, 0.717) is 5.19 Å². The number of ether oxygens (including phenoxy) is 1. The lowest BCUT2D eigenvalue weighted by molar-refractivity contribution is 0.411. The minimum atomic E-state index is 0.620. The molecule has 0 aliphatic heterocycles. The first kappa shape index (κ1) is 6.21. The lowest BCUT2D eigenvalue weighted by Crippen LogP contribution is -1.79. The molecule has 0 atom stereocenters. The van der Waals surface area contributed by atoms with E-state index in [0.717, 1.165) is 3.83 Å². The van der Waals surface area contributed by atoms with Gasteiger partial charge in [0.2, 0.25) is 3.83 Å². The molecule has 8 heavy (non-hydrogen) atoms. The Labute approximate surface area is 64.4 Å². The Morgan fingerprint density at radius 3 is 2.75 bits per heavy atom. The van der Waals surface area contributed by atoms with Crippen LogP contribution in [0.1, 0.15) is 0 Å². The summed E-state index contributed by atoms with van der Waals surface area (Å²) in [5.74, 6) is 0. The summed E-state index contributed by atoms with van der Waals surface area (Å²) in [5, 5.41) is 0.620. The fourth-order valence-corrected chi connectivity index (χ4v) is 1.35. The van der Waals surface area contributed by atoms with Gasteiger partial charge in [0.15, 0.2) is 0 Å². The number of nitrogens with zero attached hydrogens (tertiary/aromatic N) is 2. The van der Waals surface area contributed by atoms with E-state index in [1.807, 2.05) is 22.6 Å². The van der Waals surface area contributed by atoms with Crippen LogP contribution in [0.4, 0.5) is 0 Å². The summed E-state index contributed by atoms with van der Waals surface area (Å²) < 4.78 is 9.40. The van der Waals surface area contributed by atoms with E-state index >= 15 is 0 Å². The van der Waals surface area contributed by atoms with E-state index < -0.39 is 0 Å². The first-order chi connectivity index (χ1) is 3.83. The second-order valence-corrected chi connectivity index (χ2v) is 2.71. The Hall–Kier alpha value is 0.0900. The van der Waals surface area contributed by atoms with Crippen LogP contribution in [0.25, 0.3) is 0 Å². The first-order valence-electron chi connectivity index (χ1n) is 1.86. The van der Waals surface area contributed by atoms with Gasteiger partial charge in [-0.1, -0.05) is 0 Å². The van der Waals surface area contributed by atoms with Gasteiger partial charge in [0.05, 0.1) is 7.11 Å². The van der Waals surface area contributed by atoms with Gasteiger partial charge >= 0.3 is 0 Å². The third-order valence-electron chi connectivity index (χ3n) is 0.557. The van der Waals surface area contributed by atoms with Crippen molar-refractivity contribution in [3.8, 4) is 5.19 Å². The molecule has 1 heterocycles. The summed E-state index contributed by atoms with van der Waals surface area (Å²) in [7, 11) is 1.58. The van der Waals surface area contributed by atoms with Crippen LogP contribution >= 0.6 is 34.1 Å². The quantitative estimate of drug-likeness (QED) is 0.693. The van der Waals surface area contributed by atoms with E-state index in [-0.39, 0.29) is 0 Å². The molecule has 1 aromatic heterocycles. The number of aromatic nitrogens is 2. The summed E-state index contributed by atoms with van der Waals surface area (Å²) in [6.45, 7) is 0. The van der Waals surface area contributed by atoms with Crippen LogP contribution in [-0.2, 0) is 0 Å². The highest BCUT2D eigenvalue weighted by atomic mass is 127. The van der Waals surface area contributed by atoms with Gasteiger partial charge in [0.25, 0.3) is 5.19 Å². The van der Waals surface area contributed by atoms with E-state index in [2.05, 4.69) is 9.36 Å². The molecule has 0 aliphatic rings. The van der Waals surface area contributed by atoms with Crippen molar-refractivity contribution in [3.05, 3.63) is 3.83 Å². The highest BCUT2D eigenvalue weighted by molar-refractivity contribution is 14.1. The van der Waals surface area contributed by atoms with Gasteiger partial charge in [-0.15, -0.1) is 0 Å². The van der Waals surface area contributed by atoms with E-state index in [9.17, 15) is 0 Å².